The lowest BCUT2D eigenvalue weighted by atomic mass is 9.78. The number of methoxy groups -OCH3 is 1. The molecule has 5 atom stereocenters. The van der Waals surface area contributed by atoms with Gasteiger partial charge < -0.3 is 19.3 Å². The number of rotatable bonds is 16. The van der Waals surface area contributed by atoms with E-state index in [9.17, 15) is 33.6 Å². The normalized spacial score (nSPS) is 20.9. The quantitative estimate of drug-likeness (QED) is 0.0870. The molecule has 1 aliphatic rings. The number of aromatic nitrogens is 2. The predicted octanol–water partition coefficient (Wildman–Crippen LogP) is 2.35. The minimum Gasteiger partial charge on any atom is -0.462 e. The smallest absolute Gasteiger partial charge is 0.462 e. The fourth-order valence-electron chi connectivity index (χ4n) is 4.41. The monoisotopic (exact) mass is 668 g/mol. The number of hydrogen-bond donors (Lipinski definition) is 2. The zero-order valence-corrected chi connectivity index (χ0v) is 27.6. The molecule has 3 rings (SSSR count). The van der Waals surface area contributed by atoms with E-state index in [1.165, 1.54) is 32.4 Å². The summed E-state index contributed by atoms with van der Waals surface area (Å²) in [4.78, 5) is 65.6. The van der Waals surface area contributed by atoms with Crippen LogP contribution in [-0.2, 0) is 41.9 Å². The Kier molecular flexibility index (Phi) is 12.5. The standard InChI is InChI=1S/C30H41N2O13P/c1-19-15-32(28(38)31-26(19)36)24-14-22(23(44-24)16-41-27(37)29(3,4)5)45-46(39,42-13-12-40-6)43-18-30(17-33,20(2)34)25(35)21-10-8-7-9-11-21/h7-11,15,22-24,33H,12-14,16-18H2,1-6H3,(H,31,36,38)/t22-,23+,24+,30?,46?/m0/s1. The van der Waals surface area contributed by atoms with E-state index in [1.807, 2.05) is 0 Å². The summed E-state index contributed by atoms with van der Waals surface area (Å²) in [5.74, 6) is -2.09. The van der Waals surface area contributed by atoms with Gasteiger partial charge in [0, 0.05) is 30.9 Å². The number of H-pyrrole nitrogens is 1. The molecule has 1 aromatic heterocycles. The van der Waals surface area contributed by atoms with E-state index in [-0.39, 0.29) is 37.4 Å². The number of ether oxygens (including phenoxy) is 3. The highest BCUT2D eigenvalue weighted by atomic mass is 31.2. The first kappa shape index (κ1) is 37.2. The number of phosphoric ester groups is 1. The minimum atomic E-state index is -4.70. The molecule has 46 heavy (non-hydrogen) atoms. The Balaban J connectivity index is 1.95. The van der Waals surface area contributed by atoms with Crippen molar-refractivity contribution < 1.29 is 51.8 Å². The molecular formula is C30H41N2O13P. The molecule has 1 aromatic carbocycles. The summed E-state index contributed by atoms with van der Waals surface area (Å²) in [5.41, 5.74) is -4.06. The summed E-state index contributed by atoms with van der Waals surface area (Å²) in [7, 11) is -3.33. The summed E-state index contributed by atoms with van der Waals surface area (Å²) in [6.07, 6.45) is -2.23. The van der Waals surface area contributed by atoms with Crippen LogP contribution in [-0.4, -0.2) is 84.5 Å². The van der Waals surface area contributed by atoms with Crippen LogP contribution in [0.2, 0.25) is 0 Å². The van der Waals surface area contributed by atoms with E-state index in [0.29, 0.717) is 0 Å². The lowest BCUT2D eigenvalue weighted by molar-refractivity contribution is -0.159. The van der Waals surface area contributed by atoms with Crippen LogP contribution in [0.25, 0.3) is 0 Å². The Morgan fingerprint density at radius 1 is 1.11 bits per heavy atom. The van der Waals surface area contributed by atoms with E-state index >= 15 is 0 Å². The second kappa shape index (κ2) is 15.5. The van der Waals surface area contributed by atoms with Crippen molar-refractivity contribution in [1.29, 1.82) is 0 Å². The van der Waals surface area contributed by atoms with Gasteiger partial charge in [0.1, 0.15) is 36.2 Å². The van der Waals surface area contributed by atoms with Crippen LogP contribution in [0.15, 0.2) is 46.1 Å². The lowest BCUT2D eigenvalue weighted by Gasteiger charge is -2.30. The third-order valence-corrected chi connectivity index (χ3v) is 8.79. The molecule has 1 fully saturated rings. The maximum absolute atomic E-state index is 14.1. The number of aryl methyl sites for hydroxylation is 1. The third kappa shape index (κ3) is 8.94. The molecule has 2 N–H and O–H groups in total. The average Bonchev–Trinajstić information content (AvgIpc) is 3.39. The number of hydrogen-bond acceptors (Lipinski definition) is 13. The zero-order valence-electron chi connectivity index (χ0n) is 26.7. The number of aromatic amines is 1. The summed E-state index contributed by atoms with van der Waals surface area (Å²) in [6.45, 7) is 4.96. The van der Waals surface area contributed by atoms with E-state index in [4.69, 9.17) is 27.8 Å². The highest BCUT2D eigenvalue weighted by molar-refractivity contribution is 7.48. The Bertz CT molecular complexity index is 1550. The summed E-state index contributed by atoms with van der Waals surface area (Å²) >= 11 is 0. The fourth-order valence-corrected chi connectivity index (χ4v) is 5.84. The molecule has 0 aliphatic carbocycles. The molecule has 2 aromatic rings. The van der Waals surface area contributed by atoms with Crippen LogP contribution < -0.4 is 11.2 Å². The van der Waals surface area contributed by atoms with E-state index in [0.717, 1.165) is 11.5 Å². The van der Waals surface area contributed by atoms with Gasteiger partial charge in [-0.1, -0.05) is 30.3 Å². The number of phosphoric acid groups is 1. The Morgan fingerprint density at radius 2 is 1.78 bits per heavy atom. The van der Waals surface area contributed by atoms with Crippen molar-refractivity contribution in [3.63, 3.8) is 0 Å². The number of carbonyl (C=O) groups is 3. The van der Waals surface area contributed by atoms with Crippen molar-refractivity contribution in [1.82, 2.24) is 9.55 Å². The van der Waals surface area contributed by atoms with Crippen LogP contribution in [0.1, 0.15) is 56.3 Å². The van der Waals surface area contributed by atoms with Crippen LogP contribution in [0, 0.1) is 17.8 Å². The Labute approximate surface area is 265 Å². The molecule has 2 heterocycles. The number of carbonyl (C=O) groups excluding carboxylic acids is 3. The van der Waals surface area contributed by atoms with Crippen LogP contribution >= 0.6 is 7.82 Å². The molecule has 1 aliphatic heterocycles. The second-order valence-electron chi connectivity index (χ2n) is 11.9. The summed E-state index contributed by atoms with van der Waals surface area (Å²) in [6, 6.07) is 7.75. The number of ketones is 2. The number of aliphatic hydroxyl groups is 1. The van der Waals surface area contributed by atoms with Crippen molar-refractivity contribution >= 4 is 25.4 Å². The van der Waals surface area contributed by atoms with Gasteiger partial charge in [0.05, 0.1) is 31.8 Å². The van der Waals surface area contributed by atoms with Gasteiger partial charge in [-0.05, 0) is 34.6 Å². The van der Waals surface area contributed by atoms with Crippen LogP contribution in [0.5, 0.6) is 0 Å². The van der Waals surface area contributed by atoms with Crippen LogP contribution in [0.4, 0.5) is 0 Å². The third-order valence-electron chi connectivity index (χ3n) is 7.31. The molecule has 2 unspecified atom stereocenters. The summed E-state index contributed by atoms with van der Waals surface area (Å²) in [5, 5.41) is 10.3. The number of nitrogens with one attached hydrogen (secondary N) is 1. The fraction of sp³-hybridized carbons (Fsp3) is 0.567. The number of esters is 1. The van der Waals surface area contributed by atoms with Crippen molar-refractivity contribution in [2.24, 2.45) is 10.8 Å². The summed E-state index contributed by atoms with van der Waals surface area (Å²) < 4.78 is 48.6. The van der Waals surface area contributed by atoms with Gasteiger partial charge in [0.25, 0.3) is 5.56 Å². The molecule has 0 amide bonds. The van der Waals surface area contributed by atoms with E-state index in [2.05, 4.69) is 4.98 Å². The predicted molar refractivity (Wildman–Crippen MR) is 162 cm³/mol. The number of aliphatic hydroxyl groups excluding tert-OH is 1. The van der Waals surface area contributed by atoms with Gasteiger partial charge in [-0.15, -0.1) is 0 Å². The number of Topliss-reactive ketones (excluding diaryl/α,β-unsaturated/α-hetero) is 2. The highest BCUT2D eigenvalue weighted by Gasteiger charge is 2.48. The molecule has 254 valence electrons. The van der Waals surface area contributed by atoms with Gasteiger partial charge in [0.2, 0.25) is 0 Å². The van der Waals surface area contributed by atoms with Gasteiger partial charge in [-0.25, -0.2) is 9.36 Å². The van der Waals surface area contributed by atoms with Crippen molar-refractivity contribution in [3.05, 3.63) is 68.5 Å². The first-order valence-electron chi connectivity index (χ1n) is 14.5. The molecular weight excluding hydrogens is 627 g/mol. The molecule has 15 nitrogen and oxygen atoms in total. The second-order valence-corrected chi connectivity index (χ2v) is 13.5. The Hall–Kier alpha value is -3.30. The molecule has 0 bridgehead atoms. The van der Waals surface area contributed by atoms with Crippen molar-refractivity contribution in [2.45, 2.75) is 59.5 Å². The van der Waals surface area contributed by atoms with E-state index in [1.54, 1.807) is 39.0 Å². The highest BCUT2D eigenvalue weighted by Crippen LogP contribution is 2.54. The molecule has 0 radical (unpaired) electrons. The molecule has 16 heteroatoms. The topological polar surface area (TPSA) is 199 Å². The van der Waals surface area contributed by atoms with Gasteiger partial charge in [0.15, 0.2) is 5.78 Å². The minimum absolute atomic E-state index is 0.0417. The largest absolute Gasteiger partial charge is 0.475 e. The first-order chi connectivity index (χ1) is 21.6. The number of benzene rings is 1. The van der Waals surface area contributed by atoms with E-state index < -0.39 is 79.1 Å². The Morgan fingerprint density at radius 3 is 2.37 bits per heavy atom. The average molecular weight is 669 g/mol. The van der Waals surface area contributed by atoms with Crippen LogP contribution in [0.3, 0.4) is 0 Å². The number of nitrogens with zero attached hydrogens (tertiary/aromatic N) is 1. The maximum Gasteiger partial charge on any atom is 0.475 e. The van der Waals surface area contributed by atoms with Crippen molar-refractivity contribution in [2.75, 3.05) is 40.1 Å². The maximum atomic E-state index is 14.1. The molecule has 1 saturated heterocycles. The van der Waals surface area contributed by atoms with Gasteiger partial charge >= 0.3 is 19.5 Å². The molecule has 0 saturated carbocycles. The first-order valence-corrected chi connectivity index (χ1v) is 16.0. The van der Waals surface area contributed by atoms with Gasteiger partial charge in [-0.2, -0.15) is 0 Å². The lowest BCUT2D eigenvalue weighted by Crippen LogP contribution is -2.45. The zero-order chi connectivity index (χ0) is 34.3. The SMILES string of the molecule is COCCOP(=O)(OCC(CO)(C(C)=O)C(=O)c1ccccc1)O[C@H]1C[C@H](n2cc(C)c(=O)[nH]c2=O)O[C@@H]1COC(=O)C(C)(C)C. The van der Waals surface area contributed by atoms with Gasteiger partial charge in [-0.3, -0.25) is 42.3 Å². The van der Waals surface area contributed by atoms with Crippen molar-refractivity contribution in [3.8, 4) is 0 Å². The molecule has 0 spiro atoms.